The van der Waals surface area contributed by atoms with Crippen LogP contribution in [0.1, 0.15) is 41.4 Å². The Morgan fingerprint density at radius 1 is 1.07 bits per heavy atom. The first-order valence-corrected chi connectivity index (χ1v) is 9.11. The molecule has 1 N–H and O–H groups in total. The molecule has 144 valence electrons. The topological polar surface area (TPSA) is 64.6 Å². The van der Waals surface area contributed by atoms with Gasteiger partial charge in [-0.1, -0.05) is 41.4 Å². The number of carbonyl (C=O) groups excluding carboxylic acids is 2. The predicted molar refractivity (Wildman–Crippen MR) is 105 cm³/mol. The summed E-state index contributed by atoms with van der Waals surface area (Å²) in [7, 11) is 1.60. The third-order valence-corrected chi connectivity index (χ3v) is 4.50. The second kappa shape index (κ2) is 9.74. The highest BCUT2D eigenvalue weighted by molar-refractivity contribution is 6.35. The van der Waals surface area contributed by atoms with Crippen LogP contribution in [-0.2, 0) is 20.9 Å². The van der Waals surface area contributed by atoms with E-state index >= 15 is 0 Å². The van der Waals surface area contributed by atoms with Crippen LogP contribution in [0.2, 0.25) is 10.0 Å². The SMILES string of the molecule is COCc1ccc(C(=O)O[C@H](C)C(=O)N[C@H](C)c2ccc(Cl)cc2Cl)cc1. The third-order valence-electron chi connectivity index (χ3n) is 3.94. The van der Waals surface area contributed by atoms with Gasteiger partial charge in [-0.25, -0.2) is 4.79 Å². The summed E-state index contributed by atoms with van der Waals surface area (Å²) in [6, 6.07) is 11.5. The Balaban J connectivity index is 1.95. The molecule has 0 spiro atoms. The lowest BCUT2D eigenvalue weighted by Gasteiger charge is -2.19. The van der Waals surface area contributed by atoms with E-state index in [1.165, 1.54) is 6.92 Å². The van der Waals surface area contributed by atoms with E-state index in [1.807, 2.05) is 0 Å². The molecule has 7 heteroatoms. The fraction of sp³-hybridized carbons (Fsp3) is 0.300. The predicted octanol–water partition coefficient (Wildman–Crippen LogP) is 4.56. The van der Waals surface area contributed by atoms with Crippen molar-refractivity contribution in [3.63, 3.8) is 0 Å². The Labute approximate surface area is 168 Å². The van der Waals surface area contributed by atoms with Gasteiger partial charge in [-0.3, -0.25) is 4.79 Å². The van der Waals surface area contributed by atoms with Crippen molar-refractivity contribution in [2.24, 2.45) is 0 Å². The fourth-order valence-corrected chi connectivity index (χ4v) is 3.02. The average Bonchev–Trinajstić information content (AvgIpc) is 2.62. The number of hydrogen-bond donors (Lipinski definition) is 1. The Hall–Kier alpha value is -2.08. The number of amides is 1. The molecular formula is C20H21Cl2NO4. The van der Waals surface area contributed by atoms with Crippen molar-refractivity contribution < 1.29 is 19.1 Å². The van der Waals surface area contributed by atoms with Crippen molar-refractivity contribution in [1.29, 1.82) is 0 Å². The molecular weight excluding hydrogens is 389 g/mol. The van der Waals surface area contributed by atoms with Crippen LogP contribution in [0, 0.1) is 0 Å². The van der Waals surface area contributed by atoms with Crippen molar-refractivity contribution in [3.05, 3.63) is 69.2 Å². The largest absolute Gasteiger partial charge is 0.449 e. The minimum Gasteiger partial charge on any atom is -0.449 e. The van der Waals surface area contributed by atoms with Crippen LogP contribution >= 0.6 is 23.2 Å². The van der Waals surface area contributed by atoms with E-state index in [0.717, 1.165) is 11.1 Å². The van der Waals surface area contributed by atoms with Gasteiger partial charge in [-0.05, 0) is 49.2 Å². The molecule has 0 aliphatic carbocycles. The number of rotatable bonds is 7. The van der Waals surface area contributed by atoms with Crippen molar-refractivity contribution in [2.75, 3.05) is 7.11 Å². The first-order valence-electron chi connectivity index (χ1n) is 8.36. The Morgan fingerprint density at radius 3 is 2.33 bits per heavy atom. The van der Waals surface area contributed by atoms with Crippen LogP contribution < -0.4 is 5.32 Å². The molecule has 2 rings (SSSR count). The molecule has 0 aliphatic rings. The van der Waals surface area contributed by atoms with Crippen LogP contribution in [0.25, 0.3) is 0 Å². The van der Waals surface area contributed by atoms with Gasteiger partial charge in [0.1, 0.15) is 0 Å². The van der Waals surface area contributed by atoms with E-state index in [0.29, 0.717) is 22.2 Å². The summed E-state index contributed by atoms with van der Waals surface area (Å²) in [5.41, 5.74) is 2.03. The maximum absolute atomic E-state index is 12.3. The van der Waals surface area contributed by atoms with E-state index in [1.54, 1.807) is 56.5 Å². The highest BCUT2D eigenvalue weighted by atomic mass is 35.5. The monoisotopic (exact) mass is 409 g/mol. The van der Waals surface area contributed by atoms with Gasteiger partial charge < -0.3 is 14.8 Å². The molecule has 0 radical (unpaired) electrons. The number of ether oxygens (including phenoxy) is 2. The van der Waals surface area contributed by atoms with Crippen molar-refractivity contribution >= 4 is 35.1 Å². The summed E-state index contributed by atoms with van der Waals surface area (Å²) in [5.74, 6) is -0.989. The van der Waals surface area contributed by atoms with Crippen molar-refractivity contribution in [1.82, 2.24) is 5.32 Å². The lowest BCUT2D eigenvalue weighted by molar-refractivity contribution is -0.129. The average molecular weight is 410 g/mol. The minimum atomic E-state index is -0.954. The van der Waals surface area contributed by atoms with Gasteiger partial charge in [-0.15, -0.1) is 0 Å². The summed E-state index contributed by atoms with van der Waals surface area (Å²) in [6.45, 7) is 3.76. The minimum absolute atomic E-state index is 0.364. The van der Waals surface area contributed by atoms with Gasteiger partial charge in [0.25, 0.3) is 5.91 Å². The van der Waals surface area contributed by atoms with Crippen molar-refractivity contribution in [3.8, 4) is 0 Å². The fourth-order valence-electron chi connectivity index (χ4n) is 2.45. The second-order valence-corrected chi connectivity index (χ2v) is 6.92. The molecule has 0 aliphatic heterocycles. The van der Waals surface area contributed by atoms with Crippen molar-refractivity contribution in [2.45, 2.75) is 32.6 Å². The second-order valence-electron chi connectivity index (χ2n) is 6.07. The summed E-state index contributed by atoms with van der Waals surface area (Å²) in [6.07, 6.45) is -0.954. The zero-order valence-electron chi connectivity index (χ0n) is 15.3. The van der Waals surface area contributed by atoms with Gasteiger partial charge in [-0.2, -0.15) is 0 Å². The van der Waals surface area contributed by atoms with Gasteiger partial charge >= 0.3 is 5.97 Å². The lowest BCUT2D eigenvalue weighted by atomic mass is 10.1. The number of nitrogens with one attached hydrogen (secondary N) is 1. The van der Waals surface area contributed by atoms with E-state index in [-0.39, 0.29) is 6.04 Å². The molecule has 0 saturated carbocycles. The molecule has 0 heterocycles. The molecule has 0 aromatic heterocycles. The number of carbonyl (C=O) groups is 2. The summed E-state index contributed by atoms with van der Waals surface area (Å²) >= 11 is 12.0. The van der Waals surface area contributed by atoms with Crippen LogP contribution in [0.5, 0.6) is 0 Å². The zero-order chi connectivity index (χ0) is 20.0. The smallest absolute Gasteiger partial charge is 0.338 e. The standard InChI is InChI=1S/C20H21Cl2NO4/c1-12(17-9-8-16(21)10-18(17)22)23-19(24)13(2)27-20(25)15-6-4-14(5-7-15)11-26-3/h4-10,12-13H,11H2,1-3H3,(H,23,24)/t12-,13-/m1/s1. The summed E-state index contributed by atoms with van der Waals surface area (Å²) in [5, 5.41) is 3.75. The molecule has 0 unspecified atom stereocenters. The highest BCUT2D eigenvalue weighted by Crippen LogP contribution is 2.26. The number of benzene rings is 2. The number of methoxy groups -OCH3 is 1. The highest BCUT2D eigenvalue weighted by Gasteiger charge is 2.21. The van der Waals surface area contributed by atoms with Gasteiger partial charge in [0.05, 0.1) is 18.2 Å². The Kier molecular flexibility index (Phi) is 7.66. The van der Waals surface area contributed by atoms with Crippen LogP contribution in [-0.4, -0.2) is 25.1 Å². The molecule has 5 nitrogen and oxygen atoms in total. The Morgan fingerprint density at radius 2 is 1.74 bits per heavy atom. The van der Waals surface area contributed by atoms with E-state index in [9.17, 15) is 9.59 Å². The number of hydrogen-bond acceptors (Lipinski definition) is 4. The third kappa shape index (κ3) is 5.96. The van der Waals surface area contributed by atoms with E-state index < -0.39 is 18.0 Å². The molecule has 2 atom stereocenters. The summed E-state index contributed by atoms with van der Waals surface area (Å²) in [4.78, 5) is 24.5. The normalized spacial score (nSPS) is 12.9. The zero-order valence-corrected chi connectivity index (χ0v) is 16.8. The molecule has 0 saturated heterocycles. The van der Waals surface area contributed by atoms with E-state index in [2.05, 4.69) is 5.32 Å². The van der Waals surface area contributed by atoms with Crippen LogP contribution in [0.4, 0.5) is 0 Å². The molecule has 27 heavy (non-hydrogen) atoms. The number of esters is 1. The first kappa shape index (κ1) is 21.2. The van der Waals surface area contributed by atoms with Crippen LogP contribution in [0.15, 0.2) is 42.5 Å². The lowest BCUT2D eigenvalue weighted by Crippen LogP contribution is -2.37. The summed E-state index contributed by atoms with van der Waals surface area (Å²) < 4.78 is 10.3. The maximum atomic E-state index is 12.3. The maximum Gasteiger partial charge on any atom is 0.338 e. The Bertz CT molecular complexity index is 808. The molecule has 2 aromatic rings. The van der Waals surface area contributed by atoms with E-state index in [4.69, 9.17) is 32.7 Å². The van der Waals surface area contributed by atoms with Gasteiger partial charge in [0.2, 0.25) is 0 Å². The molecule has 0 fully saturated rings. The molecule has 2 aromatic carbocycles. The quantitative estimate of drug-likeness (QED) is 0.680. The number of halogens is 2. The first-order chi connectivity index (χ1) is 12.8. The van der Waals surface area contributed by atoms with Gasteiger partial charge in [0.15, 0.2) is 6.10 Å². The van der Waals surface area contributed by atoms with Gasteiger partial charge in [0, 0.05) is 17.2 Å². The molecule has 0 bridgehead atoms. The van der Waals surface area contributed by atoms with Crippen LogP contribution in [0.3, 0.4) is 0 Å². The molecule has 1 amide bonds.